The standard InChI is InChI=1S/C19H17N3O6S/c1-29(26,27)13-8-6-12(7-9-13)20-17(23)11-28-18(24)10-16-14-4-2-3-5-15(14)19(25)22-21-16/h2-9H,10-11H2,1H3,(H,20,23)(H,22,25). The predicted octanol–water partition coefficient (Wildman–Crippen LogP) is 1.05. The van der Waals surface area contributed by atoms with Gasteiger partial charge < -0.3 is 10.1 Å². The molecule has 1 aromatic heterocycles. The SMILES string of the molecule is CS(=O)(=O)c1ccc(NC(=O)COC(=O)Cc2n[nH]c(=O)c3ccccc23)cc1. The minimum Gasteiger partial charge on any atom is -0.455 e. The first-order chi connectivity index (χ1) is 13.7. The van der Waals surface area contributed by atoms with Gasteiger partial charge in [-0.25, -0.2) is 13.5 Å². The van der Waals surface area contributed by atoms with Crippen molar-refractivity contribution in [3.05, 3.63) is 64.6 Å². The second-order valence-corrected chi connectivity index (χ2v) is 8.24. The van der Waals surface area contributed by atoms with Crippen molar-refractivity contribution in [1.82, 2.24) is 10.2 Å². The second-order valence-electron chi connectivity index (χ2n) is 6.23. The number of benzene rings is 2. The monoisotopic (exact) mass is 415 g/mol. The molecule has 0 saturated heterocycles. The van der Waals surface area contributed by atoms with E-state index in [1.54, 1.807) is 24.3 Å². The fourth-order valence-electron chi connectivity index (χ4n) is 2.62. The van der Waals surface area contributed by atoms with Crippen LogP contribution in [0.5, 0.6) is 0 Å². The molecule has 2 aromatic carbocycles. The van der Waals surface area contributed by atoms with Gasteiger partial charge in [-0.3, -0.25) is 14.4 Å². The second kappa shape index (κ2) is 8.23. The lowest BCUT2D eigenvalue weighted by Gasteiger charge is -2.08. The molecule has 1 heterocycles. The summed E-state index contributed by atoms with van der Waals surface area (Å²) in [7, 11) is -3.33. The van der Waals surface area contributed by atoms with Crippen LogP contribution in [0.25, 0.3) is 10.8 Å². The molecule has 0 fully saturated rings. The smallest absolute Gasteiger partial charge is 0.312 e. The van der Waals surface area contributed by atoms with E-state index in [1.165, 1.54) is 24.3 Å². The molecule has 2 N–H and O–H groups in total. The van der Waals surface area contributed by atoms with Crippen molar-refractivity contribution in [1.29, 1.82) is 0 Å². The molecule has 0 radical (unpaired) electrons. The lowest BCUT2D eigenvalue weighted by Crippen LogP contribution is -2.22. The number of H-pyrrole nitrogens is 1. The van der Waals surface area contributed by atoms with Crippen molar-refractivity contribution in [2.75, 3.05) is 18.2 Å². The maximum absolute atomic E-state index is 12.1. The third-order valence-corrected chi connectivity index (χ3v) is 5.15. The first kappa shape index (κ1) is 20.2. The molecule has 0 aliphatic carbocycles. The highest BCUT2D eigenvalue weighted by atomic mass is 32.2. The van der Waals surface area contributed by atoms with Crippen LogP contribution < -0.4 is 10.9 Å². The molecule has 0 aliphatic rings. The maximum Gasteiger partial charge on any atom is 0.312 e. The number of carbonyl (C=O) groups excluding carboxylic acids is 2. The molecule has 29 heavy (non-hydrogen) atoms. The van der Waals surface area contributed by atoms with Gasteiger partial charge in [0.25, 0.3) is 11.5 Å². The lowest BCUT2D eigenvalue weighted by molar-refractivity contribution is -0.146. The highest BCUT2D eigenvalue weighted by molar-refractivity contribution is 7.90. The Labute approximate surface area is 165 Å². The Balaban J connectivity index is 1.58. The zero-order valence-corrected chi connectivity index (χ0v) is 16.2. The number of aromatic nitrogens is 2. The van der Waals surface area contributed by atoms with Gasteiger partial charge in [-0.15, -0.1) is 0 Å². The Morgan fingerprint density at radius 3 is 2.38 bits per heavy atom. The number of anilines is 1. The third-order valence-electron chi connectivity index (χ3n) is 4.02. The largest absolute Gasteiger partial charge is 0.455 e. The number of rotatable bonds is 6. The average molecular weight is 415 g/mol. The van der Waals surface area contributed by atoms with Crippen LogP contribution in [0.1, 0.15) is 5.69 Å². The predicted molar refractivity (Wildman–Crippen MR) is 105 cm³/mol. The summed E-state index contributed by atoms with van der Waals surface area (Å²) in [5, 5.41) is 9.64. The number of nitrogens with one attached hydrogen (secondary N) is 2. The third kappa shape index (κ3) is 5.05. The number of nitrogens with zero attached hydrogens (tertiary/aromatic N) is 1. The first-order valence-electron chi connectivity index (χ1n) is 8.46. The normalized spacial score (nSPS) is 11.2. The average Bonchev–Trinajstić information content (AvgIpc) is 2.68. The molecule has 0 saturated carbocycles. The summed E-state index contributed by atoms with van der Waals surface area (Å²) in [6, 6.07) is 12.3. The summed E-state index contributed by atoms with van der Waals surface area (Å²) < 4.78 is 27.8. The molecule has 3 aromatic rings. The van der Waals surface area contributed by atoms with Crippen LogP contribution in [0, 0.1) is 0 Å². The Hall–Kier alpha value is -3.53. The number of esters is 1. The van der Waals surface area contributed by atoms with Crippen LogP contribution in [-0.4, -0.2) is 43.4 Å². The van der Waals surface area contributed by atoms with Crippen LogP contribution >= 0.6 is 0 Å². The molecule has 0 bridgehead atoms. The van der Waals surface area contributed by atoms with Gasteiger partial charge in [0.1, 0.15) is 0 Å². The van der Waals surface area contributed by atoms with Crippen LogP contribution in [-0.2, 0) is 30.6 Å². The molecular formula is C19H17N3O6S. The first-order valence-corrected chi connectivity index (χ1v) is 10.3. The van der Waals surface area contributed by atoms with Gasteiger partial charge in [0.2, 0.25) is 0 Å². The van der Waals surface area contributed by atoms with E-state index in [1.807, 2.05) is 0 Å². The van der Waals surface area contributed by atoms with Gasteiger partial charge in [-0.1, -0.05) is 18.2 Å². The van der Waals surface area contributed by atoms with E-state index in [0.717, 1.165) is 6.26 Å². The molecule has 3 rings (SSSR count). The number of hydrogen-bond acceptors (Lipinski definition) is 7. The molecule has 150 valence electrons. The topological polar surface area (TPSA) is 135 Å². The highest BCUT2D eigenvalue weighted by Gasteiger charge is 2.14. The van der Waals surface area contributed by atoms with Gasteiger partial charge in [0.05, 0.1) is 22.4 Å². The Kier molecular flexibility index (Phi) is 5.74. The van der Waals surface area contributed by atoms with Crippen LogP contribution in [0.3, 0.4) is 0 Å². The van der Waals surface area contributed by atoms with Crippen molar-refractivity contribution in [3.63, 3.8) is 0 Å². The van der Waals surface area contributed by atoms with Crippen LogP contribution in [0.4, 0.5) is 5.69 Å². The summed E-state index contributed by atoms with van der Waals surface area (Å²) >= 11 is 0. The van der Waals surface area contributed by atoms with Gasteiger partial charge >= 0.3 is 5.97 Å². The fourth-order valence-corrected chi connectivity index (χ4v) is 3.25. The summed E-state index contributed by atoms with van der Waals surface area (Å²) in [6.07, 6.45) is 0.869. The highest BCUT2D eigenvalue weighted by Crippen LogP contribution is 2.14. The summed E-state index contributed by atoms with van der Waals surface area (Å²) in [6.45, 7) is -0.520. The van der Waals surface area contributed by atoms with E-state index in [0.29, 0.717) is 22.2 Å². The molecule has 0 unspecified atom stereocenters. The Bertz CT molecular complexity index is 1230. The lowest BCUT2D eigenvalue weighted by atomic mass is 10.1. The maximum atomic E-state index is 12.1. The number of sulfone groups is 1. The van der Waals surface area contributed by atoms with Gasteiger partial charge in [-0.2, -0.15) is 5.10 Å². The van der Waals surface area contributed by atoms with E-state index < -0.39 is 28.3 Å². The Morgan fingerprint density at radius 1 is 1.07 bits per heavy atom. The van der Waals surface area contributed by atoms with E-state index in [4.69, 9.17) is 4.74 Å². The summed E-state index contributed by atoms with van der Waals surface area (Å²) in [5.74, 6) is -1.26. The van der Waals surface area contributed by atoms with E-state index in [2.05, 4.69) is 15.5 Å². The van der Waals surface area contributed by atoms with Crippen molar-refractivity contribution in [2.45, 2.75) is 11.3 Å². The molecular weight excluding hydrogens is 398 g/mol. The number of carbonyl (C=O) groups is 2. The van der Waals surface area contributed by atoms with Crippen molar-refractivity contribution >= 4 is 38.2 Å². The zero-order valence-electron chi connectivity index (χ0n) is 15.3. The minimum absolute atomic E-state index is 0.127. The summed E-state index contributed by atoms with van der Waals surface area (Å²) in [4.78, 5) is 35.9. The van der Waals surface area contributed by atoms with Gasteiger partial charge in [-0.05, 0) is 30.3 Å². The van der Waals surface area contributed by atoms with Crippen LogP contribution in [0.15, 0.2) is 58.2 Å². The van der Waals surface area contributed by atoms with Gasteiger partial charge in [0.15, 0.2) is 16.4 Å². The molecule has 9 nitrogen and oxygen atoms in total. The molecule has 1 amide bonds. The van der Waals surface area contributed by atoms with E-state index in [-0.39, 0.29) is 16.9 Å². The summed E-state index contributed by atoms with van der Waals surface area (Å²) in [5.41, 5.74) is 0.340. The minimum atomic E-state index is -3.33. The quantitative estimate of drug-likeness (QED) is 0.575. The van der Waals surface area contributed by atoms with Crippen molar-refractivity contribution < 1.29 is 22.7 Å². The van der Waals surface area contributed by atoms with Gasteiger partial charge in [0, 0.05) is 17.3 Å². The number of fused-ring (bicyclic) bond motifs is 1. The molecule has 0 spiro atoms. The Morgan fingerprint density at radius 2 is 1.72 bits per heavy atom. The van der Waals surface area contributed by atoms with Crippen LogP contribution in [0.2, 0.25) is 0 Å². The fraction of sp³-hybridized carbons (Fsp3) is 0.158. The van der Waals surface area contributed by atoms with E-state index >= 15 is 0 Å². The number of hydrogen-bond donors (Lipinski definition) is 2. The van der Waals surface area contributed by atoms with Crippen molar-refractivity contribution in [2.24, 2.45) is 0 Å². The zero-order chi connectivity index (χ0) is 21.0. The molecule has 0 atom stereocenters. The van der Waals surface area contributed by atoms with E-state index in [9.17, 15) is 22.8 Å². The molecule has 0 aliphatic heterocycles. The molecule has 10 heteroatoms. The number of ether oxygens (including phenoxy) is 1. The number of aromatic amines is 1. The van der Waals surface area contributed by atoms with Crippen molar-refractivity contribution in [3.8, 4) is 0 Å². The number of amides is 1.